The highest BCUT2D eigenvalue weighted by atomic mass is 79.9. The highest BCUT2D eigenvalue weighted by Gasteiger charge is 2.10. The summed E-state index contributed by atoms with van der Waals surface area (Å²) < 4.78 is 11.9. The zero-order chi connectivity index (χ0) is 26.9. The first-order valence-corrected chi connectivity index (χ1v) is 12.9. The van der Waals surface area contributed by atoms with Gasteiger partial charge in [0.05, 0.1) is 0 Å². The maximum absolute atomic E-state index is 12.3. The fourth-order valence-electron chi connectivity index (χ4n) is 3.73. The van der Waals surface area contributed by atoms with Crippen LogP contribution in [-0.4, -0.2) is 24.4 Å². The quantitative estimate of drug-likeness (QED) is 0.199. The summed E-state index contributed by atoms with van der Waals surface area (Å²) in [7, 11) is 0. The average Bonchev–Trinajstić information content (AvgIpc) is 2.91. The van der Waals surface area contributed by atoms with Crippen molar-refractivity contribution in [2.75, 3.05) is 17.2 Å². The summed E-state index contributed by atoms with van der Waals surface area (Å²) in [6, 6.07) is 26.4. The molecular weight excluding hydrogens is 548 g/mol. The Kier molecular flexibility index (Phi) is 9.11. The lowest BCUT2D eigenvalue weighted by Crippen LogP contribution is -2.21. The molecule has 4 rings (SSSR count). The number of nitrogens with one attached hydrogen (secondary N) is 2. The van der Waals surface area contributed by atoms with E-state index in [9.17, 15) is 14.4 Å². The number of esters is 1. The molecule has 38 heavy (non-hydrogen) atoms. The highest BCUT2D eigenvalue weighted by Crippen LogP contribution is 2.26. The maximum Gasteiger partial charge on any atom is 0.306 e. The standard InChI is InChI=1S/C30H27BrN2O5/c1-20-17-24(12-16-27(20)31)33-29(35)19-37-30(36)8-4-7-28(34)32-23-10-14-25(15-11-23)38-26-13-9-21-5-2-3-6-22(21)18-26/h2-3,5-6,9-18H,4,7-8,19H2,1H3,(H,32,34)(H,33,35). The molecule has 0 aromatic heterocycles. The summed E-state index contributed by atoms with van der Waals surface area (Å²) >= 11 is 3.40. The fraction of sp³-hybridized carbons (Fsp3) is 0.167. The fourth-order valence-corrected chi connectivity index (χ4v) is 3.97. The Morgan fingerprint density at radius 3 is 2.18 bits per heavy atom. The van der Waals surface area contributed by atoms with Crippen molar-refractivity contribution in [3.8, 4) is 11.5 Å². The molecule has 0 fully saturated rings. The van der Waals surface area contributed by atoms with Crippen LogP contribution >= 0.6 is 15.9 Å². The Hall–Kier alpha value is -4.17. The Morgan fingerprint density at radius 1 is 0.737 bits per heavy atom. The van der Waals surface area contributed by atoms with Gasteiger partial charge in [0, 0.05) is 28.7 Å². The molecule has 0 aliphatic heterocycles. The Labute approximate surface area is 229 Å². The molecule has 194 valence electrons. The van der Waals surface area contributed by atoms with Crippen molar-refractivity contribution in [3.63, 3.8) is 0 Å². The minimum absolute atomic E-state index is 0.0383. The molecule has 0 heterocycles. The molecule has 0 atom stereocenters. The van der Waals surface area contributed by atoms with Crippen LogP contribution in [0.4, 0.5) is 11.4 Å². The number of rotatable bonds is 10. The number of hydrogen-bond donors (Lipinski definition) is 2. The van der Waals surface area contributed by atoms with E-state index in [2.05, 4.69) is 26.6 Å². The van der Waals surface area contributed by atoms with Gasteiger partial charge >= 0.3 is 5.97 Å². The summed E-state index contributed by atoms with van der Waals surface area (Å²) in [4.78, 5) is 36.2. The van der Waals surface area contributed by atoms with Gasteiger partial charge < -0.3 is 20.1 Å². The summed E-state index contributed by atoms with van der Waals surface area (Å²) in [5, 5.41) is 7.72. The summed E-state index contributed by atoms with van der Waals surface area (Å²) in [6.45, 7) is 1.53. The van der Waals surface area contributed by atoms with E-state index in [0.717, 1.165) is 26.6 Å². The van der Waals surface area contributed by atoms with Crippen LogP contribution in [0.2, 0.25) is 0 Å². The van der Waals surface area contributed by atoms with Gasteiger partial charge in [-0.05, 0) is 84.3 Å². The lowest BCUT2D eigenvalue weighted by molar-refractivity contribution is -0.147. The van der Waals surface area contributed by atoms with Crippen LogP contribution in [0.25, 0.3) is 10.8 Å². The predicted octanol–water partition coefficient (Wildman–Crippen LogP) is 6.99. The van der Waals surface area contributed by atoms with Gasteiger partial charge in [0.1, 0.15) is 11.5 Å². The van der Waals surface area contributed by atoms with Crippen molar-refractivity contribution in [2.45, 2.75) is 26.2 Å². The molecule has 0 spiro atoms. The number of benzene rings is 4. The van der Waals surface area contributed by atoms with Crippen LogP contribution in [0, 0.1) is 6.92 Å². The number of anilines is 2. The Bertz CT molecular complexity index is 1450. The first-order chi connectivity index (χ1) is 18.4. The highest BCUT2D eigenvalue weighted by molar-refractivity contribution is 9.10. The molecule has 8 heteroatoms. The van der Waals surface area contributed by atoms with Gasteiger partial charge in [-0.25, -0.2) is 0 Å². The molecule has 2 amide bonds. The van der Waals surface area contributed by atoms with Crippen LogP contribution in [0.1, 0.15) is 24.8 Å². The number of amides is 2. The van der Waals surface area contributed by atoms with E-state index >= 15 is 0 Å². The SMILES string of the molecule is Cc1cc(NC(=O)COC(=O)CCCC(=O)Nc2ccc(Oc3ccc4ccccc4c3)cc2)ccc1Br. The molecule has 0 saturated carbocycles. The number of halogens is 1. The molecule has 0 unspecified atom stereocenters. The molecule has 0 radical (unpaired) electrons. The molecule has 2 N–H and O–H groups in total. The smallest absolute Gasteiger partial charge is 0.306 e. The van der Waals surface area contributed by atoms with E-state index in [1.807, 2.05) is 61.5 Å². The minimum Gasteiger partial charge on any atom is -0.457 e. The predicted molar refractivity (Wildman–Crippen MR) is 151 cm³/mol. The third-order valence-electron chi connectivity index (χ3n) is 5.69. The van der Waals surface area contributed by atoms with Crippen molar-refractivity contribution in [3.05, 3.63) is 95.0 Å². The van der Waals surface area contributed by atoms with Gasteiger partial charge in [0.2, 0.25) is 5.91 Å². The Balaban J connectivity index is 1.14. The molecule has 4 aromatic carbocycles. The summed E-state index contributed by atoms with van der Waals surface area (Å²) in [5.41, 5.74) is 2.23. The molecule has 7 nitrogen and oxygen atoms in total. The molecule has 0 saturated heterocycles. The molecule has 0 aliphatic carbocycles. The van der Waals surface area contributed by atoms with Crippen LogP contribution < -0.4 is 15.4 Å². The second-order valence-electron chi connectivity index (χ2n) is 8.71. The van der Waals surface area contributed by atoms with Crippen molar-refractivity contribution < 1.29 is 23.9 Å². The van der Waals surface area contributed by atoms with E-state index in [1.54, 1.807) is 30.3 Å². The zero-order valence-corrected chi connectivity index (χ0v) is 22.4. The second kappa shape index (κ2) is 12.9. The molecule has 0 aliphatic rings. The number of aryl methyl sites for hydroxylation is 1. The number of hydrogen-bond acceptors (Lipinski definition) is 5. The largest absolute Gasteiger partial charge is 0.457 e. The van der Waals surface area contributed by atoms with Gasteiger partial charge in [0.25, 0.3) is 5.91 Å². The number of ether oxygens (including phenoxy) is 2. The zero-order valence-electron chi connectivity index (χ0n) is 20.8. The van der Waals surface area contributed by atoms with Gasteiger partial charge in [-0.2, -0.15) is 0 Å². The maximum atomic E-state index is 12.3. The van der Waals surface area contributed by atoms with Crippen molar-refractivity contribution in [2.24, 2.45) is 0 Å². The van der Waals surface area contributed by atoms with Crippen molar-refractivity contribution in [1.82, 2.24) is 0 Å². The minimum atomic E-state index is -0.532. The number of fused-ring (bicyclic) bond motifs is 1. The molecule has 0 bridgehead atoms. The molecular formula is C30H27BrN2O5. The summed E-state index contributed by atoms with van der Waals surface area (Å²) in [5.74, 6) is 0.207. The normalized spacial score (nSPS) is 10.6. The van der Waals surface area contributed by atoms with Gasteiger partial charge in [-0.1, -0.05) is 46.3 Å². The first-order valence-electron chi connectivity index (χ1n) is 12.1. The average molecular weight is 575 g/mol. The second-order valence-corrected chi connectivity index (χ2v) is 9.56. The van der Waals surface area contributed by atoms with Crippen LogP contribution in [-0.2, 0) is 19.1 Å². The van der Waals surface area contributed by atoms with Crippen LogP contribution in [0.15, 0.2) is 89.4 Å². The third-order valence-corrected chi connectivity index (χ3v) is 6.58. The van der Waals surface area contributed by atoms with E-state index in [0.29, 0.717) is 23.5 Å². The Morgan fingerprint density at radius 2 is 1.42 bits per heavy atom. The van der Waals surface area contributed by atoms with Gasteiger partial charge in [-0.15, -0.1) is 0 Å². The van der Waals surface area contributed by atoms with E-state index in [4.69, 9.17) is 9.47 Å². The van der Waals surface area contributed by atoms with Crippen LogP contribution in [0.5, 0.6) is 11.5 Å². The van der Waals surface area contributed by atoms with Crippen LogP contribution in [0.3, 0.4) is 0 Å². The third kappa shape index (κ3) is 7.91. The topological polar surface area (TPSA) is 93.7 Å². The van der Waals surface area contributed by atoms with E-state index in [1.165, 1.54) is 0 Å². The lowest BCUT2D eigenvalue weighted by atomic mass is 10.1. The van der Waals surface area contributed by atoms with Gasteiger partial charge in [-0.3, -0.25) is 14.4 Å². The number of carbonyl (C=O) groups is 3. The monoisotopic (exact) mass is 574 g/mol. The van der Waals surface area contributed by atoms with Crippen molar-refractivity contribution in [1.29, 1.82) is 0 Å². The summed E-state index contributed by atoms with van der Waals surface area (Å²) in [6.07, 6.45) is 0.493. The lowest BCUT2D eigenvalue weighted by Gasteiger charge is -2.09. The van der Waals surface area contributed by atoms with Gasteiger partial charge in [0.15, 0.2) is 6.61 Å². The van der Waals surface area contributed by atoms with E-state index in [-0.39, 0.29) is 25.4 Å². The van der Waals surface area contributed by atoms with E-state index < -0.39 is 11.9 Å². The number of carbonyl (C=O) groups excluding carboxylic acids is 3. The molecule has 4 aromatic rings. The first kappa shape index (κ1) is 26.9. The van der Waals surface area contributed by atoms with Crippen molar-refractivity contribution >= 4 is 55.9 Å².